The minimum Gasteiger partial charge on any atom is -0.391 e. The summed E-state index contributed by atoms with van der Waals surface area (Å²) in [6.07, 6.45) is -0.338. The van der Waals surface area contributed by atoms with Crippen LogP contribution in [0.3, 0.4) is 0 Å². The lowest BCUT2D eigenvalue weighted by Gasteiger charge is -2.33. The summed E-state index contributed by atoms with van der Waals surface area (Å²) in [4.78, 5) is 27.7. The number of carbonyl (C=O) groups excluding carboxylic acids is 2. The number of hydrogen-bond donors (Lipinski definition) is 2. The van der Waals surface area contributed by atoms with Crippen molar-refractivity contribution in [1.29, 1.82) is 5.26 Å². The number of fused-ring (bicyclic) bond motifs is 1. The summed E-state index contributed by atoms with van der Waals surface area (Å²) in [5, 5.41) is 24.5. The van der Waals surface area contributed by atoms with Gasteiger partial charge < -0.3 is 20.1 Å². The molecule has 0 saturated heterocycles. The molecular formula is C26H35N5O6S. The Morgan fingerprint density at radius 3 is 2.55 bits per heavy atom. The zero-order valence-electron chi connectivity index (χ0n) is 22.4. The maximum absolute atomic E-state index is 13.3. The monoisotopic (exact) mass is 545 g/mol. The Hall–Kier alpha value is -3.27. The topological polar surface area (TPSA) is 155 Å². The second-order valence-corrected chi connectivity index (χ2v) is 13.3. The molecule has 2 heterocycles. The highest BCUT2D eigenvalue weighted by molar-refractivity contribution is 7.93. The molecule has 0 saturated carbocycles. The minimum absolute atomic E-state index is 0.00809. The van der Waals surface area contributed by atoms with Crippen molar-refractivity contribution in [2.45, 2.75) is 56.8 Å². The van der Waals surface area contributed by atoms with Gasteiger partial charge in [0.05, 0.1) is 40.9 Å². The highest BCUT2D eigenvalue weighted by atomic mass is 32.2. The zero-order chi connectivity index (χ0) is 28.3. The molecule has 2 N–H and O–H groups in total. The number of aliphatic hydroxyl groups excluding tert-OH is 1. The number of ether oxygens (including phenoxy) is 1. The number of carbonyl (C=O) groups is 2. The molecule has 38 heavy (non-hydrogen) atoms. The lowest BCUT2D eigenvalue weighted by atomic mass is 10.0. The second kappa shape index (κ2) is 11.6. The first kappa shape index (κ1) is 29.3. The molecule has 1 aliphatic rings. The van der Waals surface area contributed by atoms with Crippen LogP contribution < -0.4 is 5.32 Å². The van der Waals surface area contributed by atoms with Crippen molar-refractivity contribution < 1.29 is 27.9 Å². The van der Waals surface area contributed by atoms with Crippen molar-refractivity contribution in [3.05, 3.63) is 52.3 Å². The molecule has 0 fully saturated rings. The molecule has 2 unspecified atom stereocenters. The summed E-state index contributed by atoms with van der Waals surface area (Å²) in [5.41, 5.74) is 2.31. The Bertz CT molecular complexity index is 1330. The fraction of sp³-hybridized carbons (Fsp3) is 0.538. The van der Waals surface area contributed by atoms with E-state index in [0.29, 0.717) is 17.5 Å². The van der Waals surface area contributed by atoms with Crippen molar-refractivity contribution >= 4 is 21.7 Å². The van der Waals surface area contributed by atoms with Crippen molar-refractivity contribution in [2.75, 3.05) is 26.3 Å². The summed E-state index contributed by atoms with van der Waals surface area (Å²) in [5.74, 6) is -0.792. The van der Waals surface area contributed by atoms with Gasteiger partial charge in [-0.3, -0.25) is 14.3 Å². The molecule has 1 aliphatic heterocycles. The van der Waals surface area contributed by atoms with Crippen molar-refractivity contribution in [2.24, 2.45) is 7.05 Å². The smallest absolute Gasteiger partial charge is 0.272 e. The second-order valence-electron chi connectivity index (χ2n) is 10.3. The van der Waals surface area contributed by atoms with Crippen LogP contribution in [0, 0.1) is 11.3 Å². The van der Waals surface area contributed by atoms with Gasteiger partial charge in [0.25, 0.3) is 11.8 Å². The van der Waals surface area contributed by atoms with Crippen LogP contribution in [0.2, 0.25) is 0 Å². The van der Waals surface area contributed by atoms with E-state index >= 15 is 0 Å². The summed E-state index contributed by atoms with van der Waals surface area (Å²) in [6, 6.07) is 8.89. The average Bonchev–Trinajstić information content (AvgIpc) is 3.20. The molecular weight excluding hydrogens is 510 g/mol. The molecule has 11 nitrogen and oxygen atoms in total. The number of amides is 2. The number of nitrogens with zero attached hydrogens (tertiary/aromatic N) is 4. The lowest BCUT2D eigenvalue weighted by Crippen LogP contribution is -2.49. The van der Waals surface area contributed by atoms with Crippen LogP contribution in [0.25, 0.3) is 0 Å². The molecule has 0 radical (unpaired) electrons. The maximum atomic E-state index is 13.3. The third kappa shape index (κ3) is 6.23. The van der Waals surface area contributed by atoms with Crippen LogP contribution in [0.15, 0.2) is 24.3 Å². The molecule has 0 bridgehead atoms. The van der Waals surface area contributed by atoms with Crippen LogP contribution >= 0.6 is 0 Å². The highest BCUT2D eigenvalue weighted by Gasteiger charge is 2.41. The summed E-state index contributed by atoms with van der Waals surface area (Å²) in [7, 11) is -2.11. The van der Waals surface area contributed by atoms with Crippen LogP contribution in [0.5, 0.6) is 0 Å². The van der Waals surface area contributed by atoms with Crippen molar-refractivity contribution in [3.8, 4) is 6.07 Å². The van der Waals surface area contributed by atoms with Gasteiger partial charge in [0.15, 0.2) is 15.5 Å². The van der Waals surface area contributed by atoms with Gasteiger partial charge in [0.1, 0.15) is 5.69 Å². The SMILES string of the molecule is CC(O)COCC(C)(C)S(=O)(=O)C(C)CN1CCc2c(C(=O)NCc3ccc(C#N)cc3)nn(C)c2C1=O. The lowest BCUT2D eigenvalue weighted by molar-refractivity contribution is 0.0380. The highest BCUT2D eigenvalue weighted by Crippen LogP contribution is 2.26. The first-order valence-electron chi connectivity index (χ1n) is 12.4. The van der Waals surface area contributed by atoms with Crippen LogP contribution in [-0.2, 0) is 34.6 Å². The zero-order valence-corrected chi connectivity index (χ0v) is 23.2. The molecule has 2 aromatic rings. The molecule has 0 spiro atoms. The third-order valence-electron chi connectivity index (χ3n) is 6.60. The first-order chi connectivity index (χ1) is 17.8. The Balaban J connectivity index is 1.69. The number of hydrogen-bond acceptors (Lipinski definition) is 8. The van der Waals surface area contributed by atoms with E-state index in [2.05, 4.69) is 10.4 Å². The van der Waals surface area contributed by atoms with Gasteiger partial charge in [0, 0.05) is 32.2 Å². The average molecular weight is 546 g/mol. The molecule has 206 valence electrons. The Morgan fingerprint density at radius 2 is 1.95 bits per heavy atom. The predicted octanol–water partition coefficient (Wildman–Crippen LogP) is 1.20. The van der Waals surface area contributed by atoms with Gasteiger partial charge in [-0.25, -0.2) is 8.42 Å². The van der Waals surface area contributed by atoms with E-state index in [1.807, 2.05) is 6.07 Å². The fourth-order valence-corrected chi connectivity index (χ4v) is 6.11. The molecule has 2 atom stereocenters. The van der Waals surface area contributed by atoms with Crippen LogP contribution in [0.4, 0.5) is 0 Å². The van der Waals surface area contributed by atoms with E-state index in [1.165, 1.54) is 9.58 Å². The Labute approximate surface area is 223 Å². The number of rotatable bonds is 11. The van der Waals surface area contributed by atoms with E-state index in [1.54, 1.807) is 59.0 Å². The number of aryl methyl sites for hydroxylation is 1. The quantitative estimate of drug-likeness (QED) is 0.427. The van der Waals surface area contributed by atoms with E-state index in [-0.39, 0.29) is 50.1 Å². The number of aromatic nitrogens is 2. The third-order valence-corrected chi connectivity index (χ3v) is 9.47. The van der Waals surface area contributed by atoms with Crippen molar-refractivity contribution in [1.82, 2.24) is 20.0 Å². The molecule has 1 aromatic heterocycles. The van der Waals surface area contributed by atoms with E-state index in [4.69, 9.17) is 10.00 Å². The summed E-state index contributed by atoms with van der Waals surface area (Å²) >= 11 is 0. The summed E-state index contributed by atoms with van der Waals surface area (Å²) in [6.45, 7) is 6.71. The Kier molecular flexibility index (Phi) is 8.97. The fourth-order valence-electron chi connectivity index (χ4n) is 4.40. The molecule has 2 amide bonds. The first-order valence-corrected chi connectivity index (χ1v) is 13.9. The minimum atomic E-state index is -3.70. The number of sulfone groups is 1. The largest absolute Gasteiger partial charge is 0.391 e. The molecule has 0 aliphatic carbocycles. The van der Waals surface area contributed by atoms with Crippen LogP contribution in [-0.4, -0.2) is 82.4 Å². The molecule has 1 aromatic carbocycles. The van der Waals surface area contributed by atoms with Gasteiger partial charge >= 0.3 is 0 Å². The molecule has 12 heteroatoms. The van der Waals surface area contributed by atoms with Gasteiger partial charge in [0.2, 0.25) is 0 Å². The maximum Gasteiger partial charge on any atom is 0.272 e. The Morgan fingerprint density at radius 1 is 1.29 bits per heavy atom. The number of benzene rings is 1. The van der Waals surface area contributed by atoms with E-state index in [0.717, 1.165) is 5.56 Å². The normalized spacial score (nSPS) is 15.5. The van der Waals surface area contributed by atoms with Crippen molar-refractivity contribution in [3.63, 3.8) is 0 Å². The summed E-state index contributed by atoms with van der Waals surface area (Å²) < 4.78 is 32.1. The number of aliphatic hydroxyl groups is 1. The molecule has 3 rings (SSSR count). The van der Waals surface area contributed by atoms with Gasteiger partial charge in [-0.15, -0.1) is 0 Å². The predicted molar refractivity (Wildman–Crippen MR) is 140 cm³/mol. The van der Waals surface area contributed by atoms with Gasteiger partial charge in [-0.2, -0.15) is 10.4 Å². The number of nitriles is 1. The standard InChI is InChI=1S/C26H35N5O6S/c1-17(32)15-37-16-26(3,4)38(35,36)18(2)14-31-11-10-21-22(29-30(5)23(21)25(31)34)24(33)28-13-20-8-6-19(12-27)7-9-20/h6-9,17-18,32H,10-11,13-16H2,1-5H3,(H,28,33). The number of nitrogens with one attached hydrogen (secondary N) is 1. The van der Waals surface area contributed by atoms with Crippen LogP contribution in [0.1, 0.15) is 65.4 Å². The van der Waals surface area contributed by atoms with Gasteiger partial charge in [-0.1, -0.05) is 12.1 Å². The van der Waals surface area contributed by atoms with Gasteiger partial charge in [-0.05, 0) is 51.8 Å². The van der Waals surface area contributed by atoms with E-state index in [9.17, 15) is 23.1 Å². The van der Waals surface area contributed by atoms with E-state index < -0.39 is 31.8 Å².